The standard InChI is InChI=1S/C5H6N2/c1-5-4-6-2-3-7-5/h2-4H,1H3/i1D3. The van der Waals surface area contributed by atoms with Crippen LogP contribution in [0, 0.1) is 6.85 Å². The van der Waals surface area contributed by atoms with Gasteiger partial charge in [-0.2, -0.15) is 0 Å². The molecule has 7 heavy (non-hydrogen) atoms. The van der Waals surface area contributed by atoms with Gasteiger partial charge in [0, 0.05) is 22.7 Å². The van der Waals surface area contributed by atoms with Crippen molar-refractivity contribution >= 4 is 0 Å². The van der Waals surface area contributed by atoms with Crippen LogP contribution in [0.2, 0.25) is 0 Å². The summed E-state index contributed by atoms with van der Waals surface area (Å²) in [7, 11) is 0. The molecule has 0 fully saturated rings. The van der Waals surface area contributed by atoms with Crippen molar-refractivity contribution in [1.82, 2.24) is 9.97 Å². The summed E-state index contributed by atoms with van der Waals surface area (Å²) in [4.78, 5) is 7.25. The lowest BCUT2D eigenvalue weighted by Gasteiger charge is -1.81. The highest BCUT2D eigenvalue weighted by atomic mass is 14.7. The lowest BCUT2D eigenvalue weighted by atomic mass is 10.5. The van der Waals surface area contributed by atoms with E-state index in [-0.39, 0.29) is 5.69 Å². The Morgan fingerprint density at radius 1 is 1.71 bits per heavy atom. The van der Waals surface area contributed by atoms with Gasteiger partial charge in [-0.15, -0.1) is 0 Å². The third kappa shape index (κ3) is 0.961. The minimum Gasteiger partial charge on any atom is -0.261 e. The second-order valence-electron chi connectivity index (χ2n) is 1.09. The van der Waals surface area contributed by atoms with E-state index in [1.165, 1.54) is 18.6 Å². The summed E-state index contributed by atoms with van der Waals surface area (Å²) >= 11 is 0. The van der Waals surface area contributed by atoms with E-state index < -0.39 is 6.85 Å². The van der Waals surface area contributed by atoms with Crippen LogP contribution in [-0.4, -0.2) is 9.97 Å². The molecule has 0 aliphatic rings. The van der Waals surface area contributed by atoms with Crippen LogP contribution in [0.1, 0.15) is 9.81 Å². The summed E-state index contributed by atoms with van der Waals surface area (Å²) in [6.07, 6.45) is 4.05. The Morgan fingerprint density at radius 3 is 3.14 bits per heavy atom. The first kappa shape index (κ1) is 1.90. The molecule has 0 unspecified atom stereocenters. The van der Waals surface area contributed by atoms with Crippen LogP contribution in [0.5, 0.6) is 0 Å². The van der Waals surface area contributed by atoms with Crippen molar-refractivity contribution in [3.8, 4) is 0 Å². The van der Waals surface area contributed by atoms with E-state index in [0.29, 0.717) is 0 Å². The molecular formula is C5H6N2. The lowest BCUT2D eigenvalue weighted by molar-refractivity contribution is 1.12. The van der Waals surface area contributed by atoms with Gasteiger partial charge in [0.1, 0.15) is 0 Å². The molecule has 0 N–H and O–H groups in total. The fraction of sp³-hybridized carbons (Fsp3) is 0.200. The van der Waals surface area contributed by atoms with Gasteiger partial charge in [-0.1, -0.05) is 0 Å². The third-order valence-electron chi connectivity index (χ3n) is 0.563. The van der Waals surface area contributed by atoms with E-state index >= 15 is 0 Å². The topological polar surface area (TPSA) is 25.8 Å². The summed E-state index contributed by atoms with van der Waals surface area (Å²) in [6.45, 7) is -2.13. The van der Waals surface area contributed by atoms with Crippen molar-refractivity contribution in [2.24, 2.45) is 0 Å². The Bertz CT molecular complexity index is 206. The number of aromatic nitrogens is 2. The molecule has 1 rings (SSSR count). The molecule has 0 bridgehead atoms. The van der Waals surface area contributed by atoms with Crippen LogP contribution in [0.15, 0.2) is 18.6 Å². The van der Waals surface area contributed by atoms with Crippen molar-refractivity contribution in [3.05, 3.63) is 24.3 Å². The van der Waals surface area contributed by atoms with Crippen molar-refractivity contribution in [2.45, 2.75) is 6.85 Å². The van der Waals surface area contributed by atoms with Crippen molar-refractivity contribution in [1.29, 1.82) is 0 Å². The predicted octanol–water partition coefficient (Wildman–Crippen LogP) is 0.785. The largest absolute Gasteiger partial charge is 0.261 e. The second kappa shape index (κ2) is 1.69. The number of rotatable bonds is 0. The van der Waals surface area contributed by atoms with Crippen LogP contribution < -0.4 is 0 Å². The van der Waals surface area contributed by atoms with Gasteiger partial charge >= 0.3 is 0 Å². The van der Waals surface area contributed by atoms with E-state index in [1.807, 2.05) is 0 Å². The lowest BCUT2D eigenvalue weighted by Crippen LogP contribution is -1.77. The highest BCUT2D eigenvalue weighted by molar-refractivity contribution is 4.88. The number of nitrogens with zero attached hydrogens (tertiary/aromatic N) is 2. The zero-order valence-corrected chi connectivity index (χ0v) is 3.63. The smallest absolute Gasteiger partial charge is 0.0555 e. The van der Waals surface area contributed by atoms with Crippen molar-refractivity contribution < 1.29 is 4.11 Å². The maximum atomic E-state index is 6.90. The van der Waals surface area contributed by atoms with Crippen molar-refractivity contribution in [3.63, 3.8) is 0 Å². The molecule has 0 aliphatic heterocycles. The van der Waals surface area contributed by atoms with Crippen LogP contribution in [0.4, 0.5) is 0 Å². The molecule has 1 aromatic heterocycles. The summed E-state index contributed by atoms with van der Waals surface area (Å²) in [5, 5.41) is 0. The van der Waals surface area contributed by atoms with Gasteiger partial charge < -0.3 is 0 Å². The van der Waals surface area contributed by atoms with Crippen LogP contribution in [-0.2, 0) is 0 Å². The molecule has 2 nitrogen and oxygen atoms in total. The first-order valence-corrected chi connectivity index (χ1v) is 1.87. The molecule has 0 atom stereocenters. The zero-order valence-electron chi connectivity index (χ0n) is 6.63. The number of aryl methyl sites for hydroxylation is 1. The van der Waals surface area contributed by atoms with Gasteiger partial charge in [0.2, 0.25) is 0 Å². The zero-order chi connectivity index (χ0) is 7.61. The van der Waals surface area contributed by atoms with Gasteiger partial charge in [0.15, 0.2) is 0 Å². The van der Waals surface area contributed by atoms with Gasteiger partial charge in [-0.25, -0.2) is 0 Å². The molecule has 0 saturated heterocycles. The maximum Gasteiger partial charge on any atom is 0.0555 e. The fourth-order valence-corrected chi connectivity index (χ4v) is 0.299. The molecule has 36 valence electrons. The molecule has 0 saturated carbocycles. The van der Waals surface area contributed by atoms with E-state index in [2.05, 4.69) is 9.97 Å². The van der Waals surface area contributed by atoms with Crippen molar-refractivity contribution in [2.75, 3.05) is 0 Å². The monoisotopic (exact) mass is 97.1 g/mol. The summed E-state index contributed by atoms with van der Waals surface area (Å²) in [5.74, 6) is 0. The highest BCUT2D eigenvalue weighted by Crippen LogP contribution is 1.81. The minimum absolute atomic E-state index is 0.0370. The number of hydrogen-bond acceptors (Lipinski definition) is 2. The summed E-state index contributed by atoms with van der Waals surface area (Å²) in [6, 6.07) is 0. The van der Waals surface area contributed by atoms with Crippen LogP contribution in [0.3, 0.4) is 0 Å². The molecule has 0 spiro atoms. The first-order chi connectivity index (χ1) is 4.61. The van der Waals surface area contributed by atoms with E-state index in [9.17, 15) is 0 Å². The fourth-order valence-electron chi connectivity index (χ4n) is 0.299. The average molecular weight is 97.1 g/mol. The van der Waals surface area contributed by atoms with Gasteiger partial charge in [0.05, 0.1) is 5.69 Å². The Hall–Kier alpha value is -0.920. The Kier molecular flexibility index (Phi) is 0.459. The molecule has 2 heteroatoms. The van der Waals surface area contributed by atoms with E-state index in [1.54, 1.807) is 0 Å². The molecule has 0 amide bonds. The number of hydrogen-bond donors (Lipinski definition) is 0. The first-order valence-electron chi connectivity index (χ1n) is 3.37. The SMILES string of the molecule is [2H]C([2H])([2H])c1cnccn1. The average Bonchev–Trinajstić information content (AvgIpc) is 1.88. The molecule has 0 aromatic carbocycles. The normalized spacial score (nSPS) is 16.9. The quantitative estimate of drug-likeness (QED) is 0.478. The van der Waals surface area contributed by atoms with E-state index in [0.717, 1.165) is 0 Å². The van der Waals surface area contributed by atoms with Crippen LogP contribution in [0.25, 0.3) is 0 Å². The molecule has 0 radical (unpaired) electrons. The van der Waals surface area contributed by atoms with Gasteiger partial charge in [-0.05, 0) is 6.85 Å². The maximum absolute atomic E-state index is 6.90. The Labute approximate surface area is 46.5 Å². The highest BCUT2D eigenvalue weighted by Gasteiger charge is 1.74. The molecule has 0 aliphatic carbocycles. The minimum atomic E-state index is -2.13. The predicted molar refractivity (Wildman–Crippen MR) is 26.8 cm³/mol. The van der Waals surface area contributed by atoms with Crippen LogP contribution >= 0.6 is 0 Å². The molecular weight excluding hydrogens is 88.1 g/mol. The second-order valence-corrected chi connectivity index (χ2v) is 1.09. The molecule has 1 aromatic rings. The Balaban J connectivity index is 2.97. The third-order valence-corrected chi connectivity index (χ3v) is 0.563. The summed E-state index contributed by atoms with van der Waals surface area (Å²) in [5.41, 5.74) is 0.0370. The van der Waals surface area contributed by atoms with Gasteiger partial charge in [0.25, 0.3) is 0 Å². The summed E-state index contributed by atoms with van der Waals surface area (Å²) < 4.78 is 20.7. The Morgan fingerprint density at radius 2 is 2.71 bits per heavy atom. The van der Waals surface area contributed by atoms with Gasteiger partial charge in [-0.3, -0.25) is 9.97 Å². The van der Waals surface area contributed by atoms with E-state index in [4.69, 9.17) is 4.11 Å². The molecule has 1 heterocycles.